The number of fused-ring (bicyclic) bond motifs is 1. The lowest BCUT2D eigenvalue weighted by atomic mass is 10.0. The molecule has 0 saturated carbocycles. The van der Waals surface area contributed by atoms with Gasteiger partial charge in [-0.3, -0.25) is 4.79 Å². The van der Waals surface area contributed by atoms with Gasteiger partial charge in [0.05, 0.1) is 6.04 Å². The van der Waals surface area contributed by atoms with Crippen LogP contribution in [0.1, 0.15) is 26.7 Å². The van der Waals surface area contributed by atoms with E-state index in [0.717, 1.165) is 34.3 Å². The molecule has 130 valence electrons. The number of hydrogen-bond acceptors (Lipinski definition) is 3. The Kier molecular flexibility index (Phi) is 5.14. The molecule has 0 saturated heterocycles. The molecule has 1 aromatic carbocycles. The van der Waals surface area contributed by atoms with E-state index in [1.807, 2.05) is 42.6 Å². The normalized spacial score (nSPS) is 12.5. The number of H-pyrrole nitrogens is 1. The predicted molar refractivity (Wildman–Crippen MR) is 102 cm³/mol. The SMILES string of the molecule is CC(C)CC[C@@H](N)C(=O)Nc1ccc(-c2ccnc3[nH]ccc23)cc1. The van der Waals surface area contributed by atoms with Crippen LogP contribution >= 0.6 is 0 Å². The monoisotopic (exact) mass is 336 g/mol. The number of carbonyl (C=O) groups excluding carboxylic acids is 1. The molecule has 2 heterocycles. The van der Waals surface area contributed by atoms with Crippen molar-refractivity contribution < 1.29 is 4.79 Å². The second-order valence-electron chi connectivity index (χ2n) is 6.74. The van der Waals surface area contributed by atoms with Gasteiger partial charge in [-0.2, -0.15) is 0 Å². The van der Waals surface area contributed by atoms with Crippen molar-refractivity contribution in [2.75, 3.05) is 5.32 Å². The molecule has 1 atom stereocenters. The summed E-state index contributed by atoms with van der Waals surface area (Å²) in [5, 5.41) is 3.97. The third-order valence-electron chi connectivity index (χ3n) is 4.32. The molecule has 5 nitrogen and oxygen atoms in total. The Morgan fingerprint density at radius 2 is 1.92 bits per heavy atom. The van der Waals surface area contributed by atoms with Crippen LogP contribution in [0.25, 0.3) is 22.2 Å². The Morgan fingerprint density at radius 3 is 2.64 bits per heavy atom. The van der Waals surface area contributed by atoms with Crippen LogP contribution in [0.4, 0.5) is 5.69 Å². The standard InChI is InChI=1S/C20H24N4O/c1-13(2)3-8-18(21)20(25)24-15-6-4-14(5-7-15)16-9-11-22-19-17(16)10-12-23-19/h4-7,9-13,18H,3,8,21H2,1-2H3,(H,22,23)(H,24,25)/t18-/m1/s1. The van der Waals surface area contributed by atoms with Gasteiger partial charge >= 0.3 is 0 Å². The fraction of sp³-hybridized carbons (Fsp3) is 0.300. The Hall–Kier alpha value is -2.66. The van der Waals surface area contributed by atoms with Crippen LogP contribution in [0.5, 0.6) is 0 Å². The van der Waals surface area contributed by atoms with E-state index in [9.17, 15) is 4.79 Å². The molecule has 25 heavy (non-hydrogen) atoms. The molecule has 0 bridgehead atoms. The van der Waals surface area contributed by atoms with Gasteiger partial charge in [0.25, 0.3) is 0 Å². The number of nitrogens with zero attached hydrogens (tertiary/aromatic N) is 1. The maximum absolute atomic E-state index is 12.2. The van der Waals surface area contributed by atoms with Crippen molar-refractivity contribution in [1.82, 2.24) is 9.97 Å². The van der Waals surface area contributed by atoms with E-state index in [-0.39, 0.29) is 5.91 Å². The van der Waals surface area contributed by atoms with Crippen LogP contribution in [-0.2, 0) is 4.79 Å². The van der Waals surface area contributed by atoms with Crippen molar-refractivity contribution in [2.45, 2.75) is 32.7 Å². The molecule has 4 N–H and O–H groups in total. The smallest absolute Gasteiger partial charge is 0.241 e. The summed E-state index contributed by atoms with van der Waals surface area (Å²) in [5.41, 5.74) is 9.77. The van der Waals surface area contributed by atoms with Crippen molar-refractivity contribution in [3.8, 4) is 11.1 Å². The van der Waals surface area contributed by atoms with Crippen LogP contribution in [0.15, 0.2) is 48.8 Å². The van der Waals surface area contributed by atoms with Gasteiger partial charge in [0.1, 0.15) is 5.65 Å². The summed E-state index contributed by atoms with van der Waals surface area (Å²) in [6, 6.07) is 11.3. The van der Waals surface area contributed by atoms with Crippen molar-refractivity contribution in [2.24, 2.45) is 11.7 Å². The number of benzene rings is 1. The highest BCUT2D eigenvalue weighted by Gasteiger charge is 2.14. The molecule has 2 aromatic heterocycles. The van der Waals surface area contributed by atoms with E-state index in [0.29, 0.717) is 12.3 Å². The minimum atomic E-state index is -0.471. The van der Waals surface area contributed by atoms with Gasteiger partial charge in [-0.15, -0.1) is 0 Å². The molecule has 0 fully saturated rings. The van der Waals surface area contributed by atoms with Crippen molar-refractivity contribution in [3.63, 3.8) is 0 Å². The molecule has 0 spiro atoms. The van der Waals surface area contributed by atoms with Crippen molar-refractivity contribution >= 4 is 22.6 Å². The summed E-state index contributed by atoms with van der Waals surface area (Å²) in [4.78, 5) is 19.6. The second-order valence-corrected chi connectivity index (χ2v) is 6.74. The molecule has 3 rings (SSSR count). The lowest BCUT2D eigenvalue weighted by Crippen LogP contribution is -2.35. The Bertz CT molecular complexity index is 852. The molecule has 0 unspecified atom stereocenters. The Balaban J connectivity index is 1.70. The van der Waals surface area contributed by atoms with E-state index in [4.69, 9.17) is 5.73 Å². The van der Waals surface area contributed by atoms with E-state index in [2.05, 4.69) is 29.1 Å². The topological polar surface area (TPSA) is 83.8 Å². The highest BCUT2D eigenvalue weighted by Crippen LogP contribution is 2.27. The van der Waals surface area contributed by atoms with Gasteiger partial charge in [0.15, 0.2) is 0 Å². The summed E-state index contributed by atoms with van der Waals surface area (Å²) in [5.74, 6) is 0.411. The van der Waals surface area contributed by atoms with Crippen LogP contribution in [-0.4, -0.2) is 21.9 Å². The third-order valence-corrected chi connectivity index (χ3v) is 4.32. The first-order valence-electron chi connectivity index (χ1n) is 8.63. The Morgan fingerprint density at radius 1 is 1.16 bits per heavy atom. The van der Waals surface area contributed by atoms with E-state index < -0.39 is 6.04 Å². The van der Waals surface area contributed by atoms with Gasteiger partial charge in [-0.25, -0.2) is 4.98 Å². The van der Waals surface area contributed by atoms with Gasteiger partial charge < -0.3 is 16.0 Å². The fourth-order valence-electron chi connectivity index (χ4n) is 2.82. The maximum Gasteiger partial charge on any atom is 0.241 e. The number of anilines is 1. The average molecular weight is 336 g/mol. The zero-order valence-corrected chi connectivity index (χ0v) is 14.6. The minimum absolute atomic E-state index is 0.134. The molecule has 0 aliphatic carbocycles. The van der Waals surface area contributed by atoms with Crippen molar-refractivity contribution in [3.05, 3.63) is 48.8 Å². The van der Waals surface area contributed by atoms with Gasteiger partial charge in [-0.1, -0.05) is 26.0 Å². The van der Waals surface area contributed by atoms with Gasteiger partial charge in [-0.05, 0) is 54.2 Å². The third kappa shape index (κ3) is 4.06. The number of aromatic nitrogens is 2. The number of carbonyl (C=O) groups is 1. The van der Waals surface area contributed by atoms with Crippen LogP contribution in [0, 0.1) is 5.92 Å². The zero-order chi connectivity index (χ0) is 17.8. The van der Waals surface area contributed by atoms with Gasteiger partial charge in [0.2, 0.25) is 5.91 Å². The van der Waals surface area contributed by atoms with Crippen LogP contribution < -0.4 is 11.1 Å². The number of amides is 1. The number of nitrogens with one attached hydrogen (secondary N) is 2. The fourth-order valence-corrected chi connectivity index (χ4v) is 2.82. The molecular formula is C20H24N4O. The van der Waals surface area contributed by atoms with Crippen LogP contribution in [0.2, 0.25) is 0 Å². The largest absolute Gasteiger partial charge is 0.346 e. The number of nitrogens with two attached hydrogens (primary N) is 1. The summed E-state index contributed by atoms with van der Waals surface area (Å²) in [6.07, 6.45) is 5.32. The Labute approximate surface area is 147 Å². The van der Waals surface area contributed by atoms with Gasteiger partial charge in [0, 0.05) is 23.5 Å². The summed E-state index contributed by atoms with van der Waals surface area (Å²) >= 11 is 0. The average Bonchev–Trinajstić information content (AvgIpc) is 3.09. The van der Waals surface area contributed by atoms with E-state index in [1.54, 1.807) is 6.20 Å². The molecule has 3 aromatic rings. The molecule has 1 amide bonds. The predicted octanol–water partition coefficient (Wildman–Crippen LogP) is 3.93. The molecule has 0 aliphatic heterocycles. The molecule has 0 radical (unpaired) electrons. The molecule has 0 aliphatic rings. The van der Waals surface area contributed by atoms with E-state index in [1.165, 1.54) is 0 Å². The molecule has 5 heteroatoms. The molecular weight excluding hydrogens is 312 g/mol. The number of aromatic amines is 1. The first-order chi connectivity index (χ1) is 12.0. The summed E-state index contributed by atoms with van der Waals surface area (Å²) in [7, 11) is 0. The zero-order valence-electron chi connectivity index (χ0n) is 14.6. The van der Waals surface area contributed by atoms with E-state index >= 15 is 0 Å². The lowest BCUT2D eigenvalue weighted by molar-refractivity contribution is -0.117. The summed E-state index contributed by atoms with van der Waals surface area (Å²) < 4.78 is 0. The number of rotatable bonds is 6. The number of hydrogen-bond donors (Lipinski definition) is 3. The van der Waals surface area contributed by atoms with Crippen LogP contribution in [0.3, 0.4) is 0 Å². The highest BCUT2D eigenvalue weighted by molar-refractivity contribution is 5.96. The maximum atomic E-state index is 12.2. The lowest BCUT2D eigenvalue weighted by Gasteiger charge is -2.14. The first-order valence-corrected chi connectivity index (χ1v) is 8.63. The number of pyridine rings is 1. The second kappa shape index (κ2) is 7.49. The first kappa shape index (κ1) is 17.2. The minimum Gasteiger partial charge on any atom is -0.346 e. The quantitative estimate of drug-likeness (QED) is 0.637. The highest BCUT2D eigenvalue weighted by atomic mass is 16.2. The summed E-state index contributed by atoms with van der Waals surface area (Å²) in [6.45, 7) is 4.26. The van der Waals surface area contributed by atoms with Crippen molar-refractivity contribution in [1.29, 1.82) is 0 Å².